The first-order chi connectivity index (χ1) is 42.0. The average molecular weight is 1210 g/mol. The second kappa shape index (κ2) is 65.1. The van der Waals surface area contributed by atoms with E-state index in [1.807, 2.05) is 21.1 Å². The summed E-state index contributed by atoms with van der Waals surface area (Å²) in [7, 11) is 1.12. The molecular formula is C76H126NO8P. The summed E-state index contributed by atoms with van der Waals surface area (Å²) < 4.78 is 34.2. The topological polar surface area (TPSA) is 111 Å². The Labute approximate surface area is 528 Å². The zero-order valence-electron chi connectivity index (χ0n) is 55.4. The minimum Gasteiger partial charge on any atom is -0.756 e. The van der Waals surface area contributed by atoms with Crippen LogP contribution in [0.4, 0.5) is 0 Å². The summed E-state index contributed by atoms with van der Waals surface area (Å²) in [5.74, 6) is -0.892. The fraction of sp³-hybridized carbons (Fsp3) is 0.632. The number of unbranched alkanes of at least 4 members (excludes halogenated alkanes) is 21. The highest BCUT2D eigenvalue weighted by Gasteiger charge is 2.22. The summed E-state index contributed by atoms with van der Waals surface area (Å²) in [6.45, 7) is 4.07. The van der Waals surface area contributed by atoms with Gasteiger partial charge in [0.2, 0.25) is 0 Å². The summed E-state index contributed by atoms with van der Waals surface area (Å²) in [5, 5.41) is 0. The molecule has 0 aliphatic rings. The predicted octanol–water partition coefficient (Wildman–Crippen LogP) is 21.7. The Bertz CT molecular complexity index is 2010. The maximum Gasteiger partial charge on any atom is 0.306 e. The summed E-state index contributed by atoms with van der Waals surface area (Å²) in [6, 6.07) is 0. The summed E-state index contributed by atoms with van der Waals surface area (Å²) in [4.78, 5) is 38.0. The molecule has 0 bridgehead atoms. The van der Waals surface area contributed by atoms with Gasteiger partial charge in [0.1, 0.15) is 19.8 Å². The molecule has 0 aromatic rings. The Morgan fingerprint density at radius 1 is 0.372 bits per heavy atom. The normalized spacial score (nSPS) is 14.2. The van der Waals surface area contributed by atoms with E-state index in [9.17, 15) is 19.0 Å². The summed E-state index contributed by atoms with van der Waals surface area (Å²) in [5.41, 5.74) is 0. The zero-order valence-corrected chi connectivity index (χ0v) is 56.3. The summed E-state index contributed by atoms with van der Waals surface area (Å²) in [6.07, 6.45) is 97.5. The molecule has 488 valence electrons. The highest BCUT2D eigenvalue weighted by Crippen LogP contribution is 2.38. The minimum absolute atomic E-state index is 0.0473. The van der Waals surface area contributed by atoms with Crippen LogP contribution in [0.3, 0.4) is 0 Å². The van der Waals surface area contributed by atoms with Gasteiger partial charge in [0, 0.05) is 12.8 Å². The zero-order chi connectivity index (χ0) is 62.6. The van der Waals surface area contributed by atoms with Gasteiger partial charge in [-0.15, -0.1) is 0 Å². The van der Waals surface area contributed by atoms with Gasteiger partial charge in [-0.25, -0.2) is 0 Å². The molecule has 0 saturated carbocycles. The quantitative estimate of drug-likeness (QED) is 0.0195. The van der Waals surface area contributed by atoms with E-state index in [2.05, 4.69) is 172 Å². The fourth-order valence-corrected chi connectivity index (χ4v) is 9.54. The molecule has 2 unspecified atom stereocenters. The van der Waals surface area contributed by atoms with Crippen molar-refractivity contribution in [1.82, 2.24) is 0 Å². The SMILES string of the molecule is CC/C=C\C/C=C\C/C=C\C/C=C\C/C=C\C/C=C\C/C=C\C/C=C\C/C=C\C/C=C\C/C=C\C/C=C\CCCCC(=O)OC(COC(=O)CCCCCCCCCCCCC/C=C\CCCCCCCCCC)COP(=O)([O-])OCC[N+](C)(C)C. The van der Waals surface area contributed by atoms with E-state index in [-0.39, 0.29) is 26.1 Å². The van der Waals surface area contributed by atoms with Crippen LogP contribution >= 0.6 is 7.82 Å². The lowest BCUT2D eigenvalue weighted by Crippen LogP contribution is -2.37. The summed E-state index contributed by atoms with van der Waals surface area (Å²) >= 11 is 0. The minimum atomic E-state index is -4.66. The number of esters is 2. The number of carbonyl (C=O) groups excluding carboxylic acids is 2. The number of carbonyl (C=O) groups is 2. The van der Waals surface area contributed by atoms with Gasteiger partial charge in [-0.1, -0.05) is 275 Å². The van der Waals surface area contributed by atoms with Crippen LogP contribution in [0.25, 0.3) is 0 Å². The van der Waals surface area contributed by atoms with Crippen molar-refractivity contribution in [2.45, 2.75) is 264 Å². The third kappa shape index (κ3) is 68.7. The first-order valence-electron chi connectivity index (χ1n) is 34.2. The number of phosphoric acid groups is 1. The number of likely N-dealkylation sites (N-methyl/N-ethyl adjacent to an activating group) is 1. The molecule has 0 saturated heterocycles. The standard InChI is InChI=1S/C76H126NO8P/c1-6-8-10-12-14-16-18-20-22-24-26-28-30-31-32-33-34-35-36-37-38-39-40-41-42-43-44-45-47-49-51-53-55-57-59-61-63-65-67-69-76(79)85-74(73-84-86(80,81)83-71-70-77(3,4)5)72-82-75(78)68-66-64-62-60-58-56-54-52-50-48-46-29-27-25-23-21-19-17-15-13-11-9-7-2/h8,10,14,16,20,22,25-28,31-32,34-35,37-38,40-41,43-44,47,49,53,55,59,61,74H,6-7,9,11-13,15,17-19,21,23-24,29-30,33,36,39,42,45-46,48,50-52,54,56-58,60,62-73H2,1-5H3/b10-8-,16-14-,22-20-,27-25-,28-26-,32-31-,35-34-,38-37-,41-40-,44-43-,49-47-,55-53-,61-59-. The number of nitrogens with zero attached hydrogens (tertiary/aromatic N) is 1. The smallest absolute Gasteiger partial charge is 0.306 e. The Morgan fingerprint density at radius 2 is 0.663 bits per heavy atom. The van der Waals surface area contributed by atoms with Gasteiger partial charge in [-0.05, 0) is 128 Å². The lowest BCUT2D eigenvalue weighted by Gasteiger charge is -2.28. The number of quaternary nitrogens is 1. The van der Waals surface area contributed by atoms with Gasteiger partial charge in [0.25, 0.3) is 7.82 Å². The molecule has 86 heavy (non-hydrogen) atoms. The van der Waals surface area contributed by atoms with Crippen molar-refractivity contribution in [3.8, 4) is 0 Å². The van der Waals surface area contributed by atoms with Crippen molar-refractivity contribution >= 4 is 19.8 Å². The fourth-order valence-electron chi connectivity index (χ4n) is 8.81. The Morgan fingerprint density at radius 3 is 1.02 bits per heavy atom. The molecular weight excluding hydrogens is 1090 g/mol. The van der Waals surface area contributed by atoms with E-state index in [1.165, 1.54) is 109 Å². The number of phosphoric ester groups is 1. The number of allylic oxidation sites excluding steroid dienone is 26. The Kier molecular flexibility index (Phi) is 61.8. The average Bonchev–Trinajstić information content (AvgIpc) is 3.56. The van der Waals surface area contributed by atoms with E-state index < -0.39 is 32.5 Å². The second-order valence-corrected chi connectivity index (χ2v) is 24.9. The van der Waals surface area contributed by atoms with Crippen molar-refractivity contribution < 1.29 is 42.1 Å². The molecule has 0 aromatic carbocycles. The highest BCUT2D eigenvalue weighted by molar-refractivity contribution is 7.45. The molecule has 0 radical (unpaired) electrons. The van der Waals surface area contributed by atoms with Gasteiger partial charge >= 0.3 is 11.9 Å². The van der Waals surface area contributed by atoms with Crippen LogP contribution < -0.4 is 4.89 Å². The van der Waals surface area contributed by atoms with Crippen molar-refractivity contribution in [3.63, 3.8) is 0 Å². The Balaban J connectivity index is 4.22. The largest absolute Gasteiger partial charge is 0.756 e. The highest BCUT2D eigenvalue weighted by atomic mass is 31.2. The molecule has 0 fully saturated rings. The molecule has 9 nitrogen and oxygen atoms in total. The maximum atomic E-state index is 12.8. The third-order valence-electron chi connectivity index (χ3n) is 14.0. The van der Waals surface area contributed by atoms with E-state index in [0.717, 1.165) is 116 Å². The number of rotatable bonds is 61. The molecule has 0 N–H and O–H groups in total. The van der Waals surface area contributed by atoms with Crippen LogP contribution in [0.1, 0.15) is 258 Å². The van der Waals surface area contributed by atoms with Crippen LogP contribution in [0.2, 0.25) is 0 Å². The van der Waals surface area contributed by atoms with Gasteiger partial charge < -0.3 is 27.9 Å². The first kappa shape index (κ1) is 81.6. The van der Waals surface area contributed by atoms with Crippen molar-refractivity contribution in [3.05, 3.63) is 158 Å². The number of hydrogen-bond acceptors (Lipinski definition) is 8. The van der Waals surface area contributed by atoms with E-state index in [1.54, 1.807) is 0 Å². The molecule has 0 amide bonds. The van der Waals surface area contributed by atoms with E-state index in [0.29, 0.717) is 17.4 Å². The lowest BCUT2D eigenvalue weighted by molar-refractivity contribution is -0.870. The van der Waals surface area contributed by atoms with Gasteiger partial charge in [-0.3, -0.25) is 14.2 Å². The second-order valence-electron chi connectivity index (χ2n) is 23.5. The molecule has 0 rings (SSSR count). The monoisotopic (exact) mass is 1210 g/mol. The maximum absolute atomic E-state index is 12.8. The van der Waals surface area contributed by atoms with Crippen LogP contribution in [0.15, 0.2) is 158 Å². The van der Waals surface area contributed by atoms with Crippen molar-refractivity contribution in [2.24, 2.45) is 0 Å². The molecule has 0 aromatic heterocycles. The van der Waals surface area contributed by atoms with Crippen LogP contribution in [0, 0.1) is 0 Å². The lowest BCUT2D eigenvalue weighted by atomic mass is 10.0. The predicted molar refractivity (Wildman–Crippen MR) is 369 cm³/mol. The number of hydrogen-bond donors (Lipinski definition) is 0. The van der Waals surface area contributed by atoms with Crippen molar-refractivity contribution in [2.75, 3.05) is 47.5 Å². The van der Waals surface area contributed by atoms with E-state index in [4.69, 9.17) is 18.5 Å². The van der Waals surface area contributed by atoms with Crippen LogP contribution in [0.5, 0.6) is 0 Å². The Hall–Kier alpha value is -4.37. The van der Waals surface area contributed by atoms with Crippen LogP contribution in [-0.2, 0) is 32.7 Å². The van der Waals surface area contributed by atoms with Gasteiger partial charge in [-0.2, -0.15) is 0 Å². The van der Waals surface area contributed by atoms with Crippen LogP contribution in [-0.4, -0.2) is 70.0 Å². The first-order valence-corrected chi connectivity index (χ1v) is 35.7. The molecule has 0 aliphatic carbocycles. The third-order valence-corrected chi connectivity index (χ3v) is 15.0. The van der Waals surface area contributed by atoms with E-state index >= 15 is 0 Å². The molecule has 0 spiro atoms. The molecule has 0 aliphatic heterocycles. The van der Waals surface area contributed by atoms with Crippen molar-refractivity contribution in [1.29, 1.82) is 0 Å². The number of ether oxygens (including phenoxy) is 2. The van der Waals surface area contributed by atoms with Gasteiger partial charge in [0.15, 0.2) is 6.10 Å². The molecule has 2 atom stereocenters. The molecule has 0 heterocycles. The molecule has 10 heteroatoms. The van der Waals surface area contributed by atoms with Gasteiger partial charge in [0.05, 0.1) is 27.7 Å².